The number of nitrogens with one attached hydrogen (secondary N) is 1. The van der Waals surface area contributed by atoms with Crippen molar-refractivity contribution in [2.24, 2.45) is 0 Å². The minimum atomic E-state index is -0.0904. The number of amides is 1. The molecule has 0 heterocycles. The molecule has 110 valence electrons. The van der Waals surface area contributed by atoms with E-state index in [1.54, 1.807) is 0 Å². The first-order valence-electron chi connectivity index (χ1n) is 6.86. The second-order valence-electron chi connectivity index (χ2n) is 4.75. The Bertz CT molecular complexity index is 640. The van der Waals surface area contributed by atoms with Gasteiger partial charge in [0.1, 0.15) is 5.75 Å². The fourth-order valence-corrected chi connectivity index (χ4v) is 2.43. The highest BCUT2D eigenvalue weighted by molar-refractivity contribution is 9.10. The van der Waals surface area contributed by atoms with Crippen molar-refractivity contribution >= 4 is 21.8 Å². The standard InChI is InChI=1S/C17H18BrNO2/c1-3-21-14-6-4-5-13(10-14)11-19-17(20)15-9-12(2)7-8-16(15)18/h4-10H,3,11H2,1-2H3,(H,19,20). The predicted octanol–water partition coefficient (Wildman–Crippen LogP) is 4.09. The van der Waals surface area contributed by atoms with Gasteiger partial charge in [-0.3, -0.25) is 4.79 Å². The van der Waals surface area contributed by atoms with E-state index in [-0.39, 0.29) is 5.91 Å². The van der Waals surface area contributed by atoms with Gasteiger partial charge in [0.05, 0.1) is 12.2 Å². The molecule has 21 heavy (non-hydrogen) atoms. The molecule has 0 aromatic heterocycles. The number of carbonyl (C=O) groups is 1. The van der Waals surface area contributed by atoms with Gasteiger partial charge >= 0.3 is 0 Å². The SMILES string of the molecule is CCOc1cccc(CNC(=O)c2cc(C)ccc2Br)c1. The summed E-state index contributed by atoms with van der Waals surface area (Å²) in [6.45, 7) is 5.02. The molecular weight excluding hydrogens is 330 g/mol. The van der Waals surface area contributed by atoms with Gasteiger partial charge in [0.2, 0.25) is 0 Å². The maximum absolute atomic E-state index is 12.2. The maximum Gasteiger partial charge on any atom is 0.252 e. The first kappa shape index (κ1) is 15.6. The number of rotatable bonds is 5. The lowest BCUT2D eigenvalue weighted by molar-refractivity contribution is 0.0950. The second kappa shape index (κ2) is 7.27. The first-order valence-corrected chi connectivity index (χ1v) is 7.65. The quantitative estimate of drug-likeness (QED) is 0.884. The Morgan fingerprint density at radius 3 is 2.81 bits per heavy atom. The van der Waals surface area contributed by atoms with Gasteiger partial charge in [0.15, 0.2) is 0 Å². The Balaban J connectivity index is 2.04. The Kier molecular flexibility index (Phi) is 5.39. The van der Waals surface area contributed by atoms with Crippen LogP contribution in [-0.4, -0.2) is 12.5 Å². The summed E-state index contributed by atoms with van der Waals surface area (Å²) >= 11 is 3.41. The lowest BCUT2D eigenvalue weighted by Crippen LogP contribution is -2.23. The van der Waals surface area contributed by atoms with E-state index in [0.29, 0.717) is 18.7 Å². The molecule has 2 aromatic carbocycles. The van der Waals surface area contributed by atoms with Crippen LogP contribution in [0.2, 0.25) is 0 Å². The van der Waals surface area contributed by atoms with Crippen molar-refractivity contribution in [1.29, 1.82) is 0 Å². The highest BCUT2D eigenvalue weighted by Gasteiger charge is 2.10. The topological polar surface area (TPSA) is 38.3 Å². The number of carbonyl (C=O) groups excluding carboxylic acids is 1. The van der Waals surface area contributed by atoms with Crippen molar-refractivity contribution < 1.29 is 9.53 Å². The Hall–Kier alpha value is -1.81. The Morgan fingerprint density at radius 1 is 1.24 bits per heavy atom. The van der Waals surface area contributed by atoms with Gasteiger partial charge < -0.3 is 10.1 Å². The lowest BCUT2D eigenvalue weighted by Gasteiger charge is -2.09. The number of aryl methyl sites for hydroxylation is 1. The van der Waals surface area contributed by atoms with Crippen LogP contribution in [0.1, 0.15) is 28.4 Å². The van der Waals surface area contributed by atoms with E-state index in [4.69, 9.17) is 4.74 Å². The summed E-state index contributed by atoms with van der Waals surface area (Å²) in [6.07, 6.45) is 0. The summed E-state index contributed by atoms with van der Waals surface area (Å²) in [7, 11) is 0. The van der Waals surface area contributed by atoms with Crippen LogP contribution in [0.5, 0.6) is 5.75 Å². The van der Waals surface area contributed by atoms with Crippen molar-refractivity contribution in [3.8, 4) is 5.75 Å². The number of hydrogen-bond donors (Lipinski definition) is 1. The summed E-state index contributed by atoms with van der Waals surface area (Å²) in [5, 5.41) is 2.93. The van der Waals surface area contributed by atoms with Gasteiger partial charge in [0.25, 0.3) is 5.91 Å². The summed E-state index contributed by atoms with van der Waals surface area (Å²) < 4.78 is 6.25. The molecule has 1 N–H and O–H groups in total. The smallest absolute Gasteiger partial charge is 0.252 e. The highest BCUT2D eigenvalue weighted by atomic mass is 79.9. The van der Waals surface area contributed by atoms with Crippen molar-refractivity contribution in [2.45, 2.75) is 20.4 Å². The van der Waals surface area contributed by atoms with Gasteiger partial charge in [-0.1, -0.05) is 23.8 Å². The van der Waals surface area contributed by atoms with Crippen molar-refractivity contribution in [3.05, 3.63) is 63.6 Å². The fraction of sp³-hybridized carbons (Fsp3) is 0.235. The molecule has 0 saturated heterocycles. The van der Waals surface area contributed by atoms with Crippen molar-refractivity contribution in [2.75, 3.05) is 6.61 Å². The molecule has 0 atom stereocenters. The van der Waals surface area contributed by atoms with Crippen LogP contribution in [-0.2, 0) is 6.54 Å². The molecule has 3 nitrogen and oxygen atoms in total. The zero-order valence-corrected chi connectivity index (χ0v) is 13.7. The van der Waals surface area contributed by atoms with Gasteiger partial charge in [-0.15, -0.1) is 0 Å². The van der Waals surface area contributed by atoms with E-state index in [2.05, 4.69) is 21.2 Å². The molecule has 0 aliphatic carbocycles. The van der Waals surface area contributed by atoms with Gasteiger partial charge in [-0.05, 0) is 59.6 Å². The van der Waals surface area contributed by atoms with E-state index < -0.39 is 0 Å². The van der Waals surface area contributed by atoms with Gasteiger partial charge in [-0.2, -0.15) is 0 Å². The van der Waals surface area contributed by atoms with E-state index in [0.717, 1.165) is 21.3 Å². The summed E-state index contributed by atoms with van der Waals surface area (Å²) in [5.41, 5.74) is 2.72. The van der Waals surface area contributed by atoms with Crippen LogP contribution in [0.15, 0.2) is 46.9 Å². The molecular formula is C17H18BrNO2. The number of benzene rings is 2. The van der Waals surface area contributed by atoms with Crippen LogP contribution < -0.4 is 10.1 Å². The van der Waals surface area contributed by atoms with E-state index >= 15 is 0 Å². The minimum absolute atomic E-state index is 0.0904. The van der Waals surface area contributed by atoms with Crippen LogP contribution in [0, 0.1) is 6.92 Å². The molecule has 0 bridgehead atoms. The number of halogens is 1. The van der Waals surface area contributed by atoms with E-state index in [1.807, 2.05) is 56.3 Å². The third kappa shape index (κ3) is 4.33. The zero-order chi connectivity index (χ0) is 15.2. The summed E-state index contributed by atoms with van der Waals surface area (Å²) in [6, 6.07) is 13.5. The Labute approximate surface area is 133 Å². The van der Waals surface area contributed by atoms with E-state index in [9.17, 15) is 4.79 Å². The normalized spacial score (nSPS) is 10.2. The molecule has 0 spiro atoms. The second-order valence-corrected chi connectivity index (χ2v) is 5.60. The van der Waals surface area contributed by atoms with Crippen molar-refractivity contribution in [1.82, 2.24) is 5.32 Å². The molecule has 4 heteroatoms. The molecule has 2 rings (SSSR count). The molecule has 0 saturated carbocycles. The monoisotopic (exact) mass is 347 g/mol. The molecule has 1 amide bonds. The Morgan fingerprint density at radius 2 is 2.05 bits per heavy atom. The fourth-order valence-electron chi connectivity index (χ4n) is 2.00. The maximum atomic E-state index is 12.2. The van der Waals surface area contributed by atoms with Crippen LogP contribution >= 0.6 is 15.9 Å². The number of ether oxygens (including phenoxy) is 1. The highest BCUT2D eigenvalue weighted by Crippen LogP contribution is 2.18. The van der Waals surface area contributed by atoms with Gasteiger partial charge in [0, 0.05) is 11.0 Å². The molecule has 0 aliphatic rings. The van der Waals surface area contributed by atoms with Crippen LogP contribution in [0.3, 0.4) is 0 Å². The average molecular weight is 348 g/mol. The third-order valence-electron chi connectivity index (χ3n) is 3.03. The third-order valence-corrected chi connectivity index (χ3v) is 3.72. The first-order chi connectivity index (χ1) is 10.1. The predicted molar refractivity (Wildman–Crippen MR) is 87.7 cm³/mol. The minimum Gasteiger partial charge on any atom is -0.494 e. The molecule has 0 aliphatic heterocycles. The zero-order valence-electron chi connectivity index (χ0n) is 12.2. The largest absolute Gasteiger partial charge is 0.494 e. The van der Waals surface area contributed by atoms with Crippen LogP contribution in [0.25, 0.3) is 0 Å². The summed E-state index contributed by atoms with van der Waals surface area (Å²) in [4.78, 5) is 12.2. The molecule has 2 aromatic rings. The number of hydrogen-bond acceptors (Lipinski definition) is 2. The van der Waals surface area contributed by atoms with E-state index in [1.165, 1.54) is 0 Å². The molecule has 0 unspecified atom stereocenters. The molecule has 0 fully saturated rings. The van der Waals surface area contributed by atoms with Gasteiger partial charge in [-0.25, -0.2) is 0 Å². The van der Waals surface area contributed by atoms with Crippen molar-refractivity contribution in [3.63, 3.8) is 0 Å². The lowest BCUT2D eigenvalue weighted by atomic mass is 10.1. The molecule has 0 radical (unpaired) electrons. The average Bonchev–Trinajstić information content (AvgIpc) is 2.48. The van der Waals surface area contributed by atoms with Crippen LogP contribution in [0.4, 0.5) is 0 Å². The summed E-state index contributed by atoms with van der Waals surface area (Å²) in [5.74, 6) is 0.730.